The van der Waals surface area contributed by atoms with Gasteiger partial charge in [0, 0.05) is 42.7 Å². The van der Waals surface area contributed by atoms with E-state index in [0.717, 1.165) is 5.56 Å². The SMILES string of the molecule is COCCNC(=O)c1cccc(NCC(=O)Nc2cccc(C(=O)NCc3ccccc3)c2)c1. The number of ether oxygens (including phenoxy) is 1. The minimum absolute atomic E-state index is 0.000815. The molecular formula is C26H28N4O4. The van der Waals surface area contributed by atoms with Gasteiger partial charge in [-0.15, -0.1) is 0 Å². The van der Waals surface area contributed by atoms with Crippen molar-refractivity contribution in [2.24, 2.45) is 0 Å². The van der Waals surface area contributed by atoms with Crippen LogP contribution in [0.4, 0.5) is 11.4 Å². The number of nitrogens with one attached hydrogen (secondary N) is 4. The Balaban J connectivity index is 1.50. The van der Waals surface area contributed by atoms with Gasteiger partial charge in [-0.1, -0.05) is 42.5 Å². The zero-order chi connectivity index (χ0) is 24.2. The van der Waals surface area contributed by atoms with Gasteiger partial charge in [-0.2, -0.15) is 0 Å². The molecule has 3 amide bonds. The van der Waals surface area contributed by atoms with E-state index in [0.29, 0.717) is 42.2 Å². The molecule has 0 unspecified atom stereocenters. The highest BCUT2D eigenvalue weighted by atomic mass is 16.5. The van der Waals surface area contributed by atoms with Gasteiger partial charge in [-0.25, -0.2) is 0 Å². The van der Waals surface area contributed by atoms with Crippen LogP contribution in [0.2, 0.25) is 0 Å². The second kappa shape index (κ2) is 12.8. The third-order valence-corrected chi connectivity index (χ3v) is 4.87. The van der Waals surface area contributed by atoms with E-state index in [1.165, 1.54) is 0 Å². The maximum atomic E-state index is 12.5. The molecule has 0 fully saturated rings. The molecule has 176 valence electrons. The summed E-state index contributed by atoms with van der Waals surface area (Å²) >= 11 is 0. The quantitative estimate of drug-likeness (QED) is 0.329. The molecule has 3 rings (SSSR count). The molecule has 0 aliphatic carbocycles. The van der Waals surface area contributed by atoms with E-state index < -0.39 is 0 Å². The zero-order valence-corrected chi connectivity index (χ0v) is 19.0. The molecule has 0 spiro atoms. The molecule has 3 aromatic rings. The van der Waals surface area contributed by atoms with E-state index >= 15 is 0 Å². The Morgan fingerprint density at radius 1 is 0.765 bits per heavy atom. The Labute approximate surface area is 198 Å². The Morgan fingerprint density at radius 3 is 2.12 bits per heavy atom. The number of rotatable bonds is 11. The summed E-state index contributed by atoms with van der Waals surface area (Å²) in [6.07, 6.45) is 0. The minimum atomic E-state index is -0.281. The summed E-state index contributed by atoms with van der Waals surface area (Å²) in [5.74, 6) is -0.719. The first-order valence-electron chi connectivity index (χ1n) is 10.9. The van der Waals surface area contributed by atoms with Gasteiger partial charge in [0.25, 0.3) is 11.8 Å². The molecule has 34 heavy (non-hydrogen) atoms. The van der Waals surface area contributed by atoms with Crippen molar-refractivity contribution in [3.8, 4) is 0 Å². The molecule has 0 aliphatic rings. The second-order valence-electron chi connectivity index (χ2n) is 7.48. The van der Waals surface area contributed by atoms with E-state index in [4.69, 9.17) is 4.74 Å². The third-order valence-electron chi connectivity index (χ3n) is 4.87. The molecule has 0 radical (unpaired) electrons. The lowest BCUT2D eigenvalue weighted by Gasteiger charge is -2.11. The minimum Gasteiger partial charge on any atom is -0.383 e. The van der Waals surface area contributed by atoms with Gasteiger partial charge in [-0.3, -0.25) is 14.4 Å². The summed E-state index contributed by atoms with van der Waals surface area (Å²) in [4.78, 5) is 37.0. The van der Waals surface area contributed by atoms with Crippen molar-refractivity contribution in [3.63, 3.8) is 0 Å². The molecule has 0 heterocycles. The van der Waals surface area contributed by atoms with Crippen molar-refractivity contribution in [1.82, 2.24) is 10.6 Å². The van der Waals surface area contributed by atoms with Crippen molar-refractivity contribution < 1.29 is 19.1 Å². The first kappa shape index (κ1) is 24.5. The molecule has 4 N–H and O–H groups in total. The van der Waals surface area contributed by atoms with Crippen LogP contribution in [0, 0.1) is 0 Å². The highest BCUT2D eigenvalue weighted by Crippen LogP contribution is 2.13. The van der Waals surface area contributed by atoms with Crippen LogP contribution < -0.4 is 21.3 Å². The molecule has 0 aromatic heterocycles. The van der Waals surface area contributed by atoms with Crippen LogP contribution in [0.5, 0.6) is 0 Å². The van der Waals surface area contributed by atoms with E-state index in [-0.39, 0.29) is 24.3 Å². The Hall–Kier alpha value is -4.17. The summed E-state index contributed by atoms with van der Waals surface area (Å²) in [5.41, 5.74) is 3.10. The highest BCUT2D eigenvalue weighted by Gasteiger charge is 2.09. The van der Waals surface area contributed by atoms with Crippen molar-refractivity contribution in [2.75, 3.05) is 37.4 Å². The Kier molecular flexibility index (Phi) is 9.19. The first-order chi connectivity index (χ1) is 16.5. The number of methoxy groups -OCH3 is 1. The zero-order valence-electron chi connectivity index (χ0n) is 19.0. The summed E-state index contributed by atoms with van der Waals surface area (Å²) in [6, 6.07) is 23.3. The lowest BCUT2D eigenvalue weighted by atomic mass is 10.1. The lowest BCUT2D eigenvalue weighted by molar-refractivity contribution is -0.114. The number of carbonyl (C=O) groups excluding carboxylic acids is 3. The number of carbonyl (C=O) groups is 3. The molecule has 8 heteroatoms. The summed E-state index contributed by atoms with van der Waals surface area (Å²) in [7, 11) is 1.57. The largest absolute Gasteiger partial charge is 0.383 e. The molecule has 0 aliphatic heterocycles. The summed E-state index contributed by atoms with van der Waals surface area (Å²) in [6.45, 7) is 1.27. The summed E-state index contributed by atoms with van der Waals surface area (Å²) in [5, 5.41) is 11.4. The predicted molar refractivity (Wildman–Crippen MR) is 132 cm³/mol. The van der Waals surface area contributed by atoms with Crippen LogP contribution in [0.15, 0.2) is 78.9 Å². The normalized spacial score (nSPS) is 10.3. The van der Waals surface area contributed by atoms with E-state index in [2.05, 4.69) is 21.3 Å². The monoisotopic (exact) mass is 460 g/mol. The molecule has 3 aromatic carbocycles. The molecular weight excluding hydrogens is 432 g/mol. The smallest absolute Gasteiger partial charge is 0.251 e. The first-order valence-corrected chi connectivity index (χ1v) is 10.9. The van der Waals surface area contributed by atoms with Crippen molar-refractivity contribution >= 4 is 29.1 Å². The van der Waals surface area contributed by atoms with Crippen LogP contribution in [-0.2, 0) is 16.1 Å². The fourth-order valence-corrected chi connectivity index (χ4v) is 3.15. The van der Waals surface area contributed by atoms with Gasteiger partial charge < -0.3 is 26.0 Å². The number of anilines is 2. The number of benzene rings is 3. The number of hydrogen-bond donors (Lipinski definition) is 4. The van der Waals surface area contributed by atoms with Crippen molar-refractivity contribution in [3.05, 3.63) is 95.6 Å². The maximum Gasteiger partial charge on any atom is 0.251 e. The van der Waals surface area contributed by atoms with Gasteiger partial charge in [-0.05, 0) is 42.0 Å². The van der Waals surface area contributed by atoms with Crippen molar-refractivity contribution in [1.29, 1.82) is 0 Å². The van der Waals surface area contributed by atoms with Crippen LogP contribution in [0.25, 0.3) is 0 Å². The topological polar surface area (TPSA) is 109 Å². The van der Waals surface area contributed by atoms with Crippen LogP contribution in [0.3, 0.4) is 0 Å². The lowest BCUT2D eigenvalue weighted by Crippen LogP contribution is -2.27. The van der Waals surface area contributed by atoms with Gasteiger partial charge in [0.1, 0.15) is 0 Å². The average molecular weight is 461 g/mol. The van der Waals surface area contributed by atoms with Crippen LogP contribution in [0.1, 0.15) is 26.3 Å². The predicted octanol–water partition coefficient (Wildman–Crippen LogP) is 3.04. The number of hydrogen-bond acceptors (Lipinski definition) is 5. The van der Waals surface area contributed by atoms with Gasteiger partial charge in [0.2, 0.25) is 5.91 Å². The molecule has 0 atom stereocenters. The molecule has 8 nitrogen and oxygen atoms in total. The van der Waals surface area contributed by atoms with E-state index in [9.17, 15) is 14.4 Å². The van der Waals surface area contributed by atoms with Gasteiger partial charge >= 0.3 is 0 Å². The molecule has 0 bridgehead atoms. The second-order valence-corrected chi connectivity index (χ2v) is 7.48. The fourth-order valence-electron chi connectivity index (χ4n) is 3.15. The molecule has 0 saturated carbocycles. The Bertz CT molecular complexity index is 1120. The van der Waals surface area contributed by atoms with E-state index in [1.54, 1.807) is 55.6 Å². The third kappa shape index (κ3) is 7.75. The standard InChI is InChI=1S/C26H28N4O4/c1-34-14-13-27-25(32)20-9-5-11-22(15-20)28-18-24(31)30-23-12-6-10-21(16-23)26(33)29-17-19-7-3-2-4-8-19/h2-12,15-16,28H,13-14,17-18H2,1H3,(H,27,32)(H,29,33)(H,30,31). The van der Waals surface area contributed by atoms with Gasteiger partial charge in [0.05, 0.1) is 13.2 Å². The summed E-state index contributed by atoms with van der Waals surface area (Å²) < 4.78 is 4.92. The average Bonchev–Trinajstić information content (AvgIpc) is 2.87. The Morgan fingerprint density at radius 2 is 1.41 bits per heavy atom. The fraction of sp³-hybridized carbons (Fsp3) is 0.192. The highest BCUT2D eigenvalue weighted by molar-refractivity contribution is 5.98. The van der Waals surface area contributed by atoms with Gasteiger partial charge in [0.15, 0.2) is 0 Å². The van der Waals surface area contributed by atoms with Crippen LogP contribution >= 0.6 is 0 Å². The van der Waals surface area contributed by atoms with Crippen LogP contribution in [-0.4, -0.2) is 44.5 Å². The molecule has 0 saturated heterocycles. The van der Waals surface area contributed by atoms with E-state index in [1.807, 2.05) is 30.3 Å². The van der Waals surface area contributed by atoms with Crippen molar-refractivity contribution in [2.45, 2.75) is 6.54 Å². The number of amides is 3. The maximum absolute atomic E-state index is 12.5.